The van der Waals surface area contributed by atoms with Gasteiger partial charge in [-0.1, -0.05) is 52.6 Å². The monoisotopic (exact) mass is 514 g/mol. The summed E-state index contributed by atoms with van der Waals surface area (Å²) >= 11 is 19.1. The highest BCUT2D eigenvalue weighted by molar-refractivity contribution is 7.99. The van der Waals surface area contributed by atoms with Crippen molar-refractivity contribution in [3.05, 3.63) is 75.8 Å². The topological polar surface area (TPSA) is 69.0 Å². The lowest BCUT2D eigenvalue weighted by Gasteiger charge is -2.16. The van der Waals surface area contributed by atoms with Crippen molar-refractivity contribution in [1.82, 2.24) is 14.8 Å². The van der Waals surface area contributed by atoms with Crippen molar-refractivity contribution < 1.29 is 13.9 Å². The summed E-state index contributed by atoms with van der Waals surface area (Å²) in [6.07, 6.45) is 1.15. The number of thioether (sulfide) groups is 1. The zero-order valence-electron chi connectivity index (χ0n) is 16.8. The van der Waals surface area contributed by atoms with Gasteiger partial charge in [0.1, 0.15) is 11.6 Å². The number of rotatable bonds is 9. The van der Waals surface area contributed by atoms with Gasteiger partial charge in [0.05, 0.1) is 20.8 Å². The highest BCUT2D eigenvalue weighted by Crippen LogP contribution is 2.30. The van der Waals surface area contributed by atoms with Crippen molar-refractivity contribution in [1.29, 1.82) is 0 Å². The Hall–Kier alpha value is -2.26. The van der Waals surface area contributed by atoms with Gasteiger partial charge < -0.3 is 10.1 Å². The zero-order valence-corrected chi connectivity index (χ0v) is 19.9. The number of allylic oxidation sites excluding steroid dienone is 1. The van der Waals surface area contributed by atoms with Crippen LogP contribution in [-0.4, -0.2) is 26.4 Å². The maximum atomic E-state index is 13.3. The molecule has 1 unspecified atom stereocenters. The third-order valence-electron chi connectivity index (χ3n) is 4.15. The molecule has 0 saturated heterocycles. The minimum atomic E-state index is -0.537. The Kier molecular flexibility index (Phi) is 8.42. The van der Waals surface area contributed by atoms with E-state index in [9.17, 15) is 9.18 Å². The number of nitrogens with zero attached hydrogens (tertiary/aromatic N) is 3. The second kappa shape index (κ2) is 11.0. The summed E-state index contributed by atoms with van der Waals surface area (Å²) in [6.45, 7) is 5.94. The second-order valence-electron chi connectivity index (χ2n) is 6.54. The Morgan fingerprint density at radius 2 is 2.00 bits per heavy atom. The predicted octanol–water partition coefficient (Wildman–Crippen LogP) is 6.43. The first-order valence-corrected chi connectivity index (χ1v) is 11.4. The second-order valence-corrected chi connectivity index (χ2v) is 8.70. The molecule has 1 atom stereocenters. The van der Waals surface area contributed by atoms with Crippen molar-refractivity contribution in [2.24, 2.45) is 0 Å². The Bertz CT molecular complexity index is 1140. The van der Waals surface area contributed by atoms with Gasteiger partial charge in [0.15, 0.2) is 17.1 Å². The van der Waals surface area contributed by atoms with Crippen molar-refractivity contribution in [3.63, 3.8) is 0 Å². The number of carbonyl (C=O) groups excluding carboxylic acids is 1. The van der Waals surface area contributed by atoms with Gasteiger partial charge in [-0.05, 0) is 43.3 Å². The lowest BCUT2D eigenvalue weighted by atomic mass is 10.3. The average Bonchev–Trinajstić information content (AvgIpc) is 3.14. The molecule has 1 heterocycles. The molecule has 3 aromatic rings. The van der Waals surface area contributed by atoms with Crippen molar-refractivity contribution in [3.8, 4) is 5.75 Å². The largest absolute Gasteiger partial charge is 0.481 e. The van der Waals surface area contributed by atoms with Gasteiger partial charge in [-0.15, -0.1) is 16.8 Å². The molecule has 0 saturated carbocycles. The normalized spacial score (nSPS) is 11.8. The Balaban J connectivity index is 1.68. The van der Waals surface area contributed by atoms with E-state index in [0.717, 1.165) is 0 Å². The van der Waals surface area contributed by atoms with E-state index in [2.05, 4.69) is 22.1 Å². The van der Waals surface area contributed by atoms with Crippen LogP contribution in [0, 0.1) is 5.82 Å². The smallest absolute Gasteiger partial charge is 0.234 e. The highest BCUT2D eigenvalue weighted by atomic mass is 35.5. The van der Waals surface area contributed by atoms with Crippen LogP contribution >= 0.6 is 46.6 Å². The fraction of sp³-hybridized carbons (Fsp3) is 0.190. The van der Waals surface area contributed by atoms with Crippen LogP contribution in [0.15, 0.2) is 54.2 Å². The Morgan fingerprint density at radius 1 is 1.22 bits per heavy atom. The van der Waals surface area contributed by atoms with Crippen molar-refractivity contribution in [2.45, 2.75) is 24.7 Å². The van der Waals surface area contributed by atoms with Gasteiger partial charge in [0, 0.05) is 12.2 Å². The molecule has 0 fully saturated rings. The van der Waals surface area contributed by atoms with Gasteiger partial charge in [-0.3, -0.25) is 9.36 Å². The summed E-state index contributed by atoms with van der Waals surface area (Å²) < 4.78 is 20.9. The van der Waals surface area contributed by atoms with Crippen LogP contribution in [0.5, 0.6) is 5.75 Å². The van der Waals surface area contributed by atoms with E-state index >= 15 is 0 Å². The van der Waals surface area contributed by atoms with E-state index < -0.39 is 11.9 Å². The van der Waals surface area contributed by atoms with E-state index in [-0.39, 0.29) is 16.7 Å². The van der Waals surface area contributed by atoms with E-state index in [1.54, 1.807) is 35.8 Å². The van der Waals surface area contributed by atoms with Gasteiger partial charge in [-0.25, -0.2) is 4.39 Å². The average molecular weight is 516 g/mol. The molecule has 2 aromatic carbocycles. The number of ether oxygens (including phenoxy) is 1. The number of benzene rings is 2. The summed E-state index contributed by atoms with van der Waals surface area (Å²) in [4.78, 5) is 12.3. The standard InChI is InChI=1S/C21H18Cl3FN4O2S/c1-3-8-29-20(12(2)31-18-7-4-13(25)9-17(18)24)27-28-21(29)32-11-19(30)26-14-5-6-15(22)16(23)10-14/h3-7,9-10,12H,1,8,11H2,2H3,(H,26,30). The molecular weight excluding hydrogens is 498 g/mol. The maximum absolute atomic E-state index is 13.3. The Morgan fingerprint density at radius 3 is 2.69 bits per heavy atom. The first kappa shape index (κ1) is 24.4. The first-order valence-electron chi connectivity index (χ1n) is 9.32. The summed E-state index contributed by atoms with van der Waals surface area (Å²) in [7, 11) is 0. The quantitative estimate of drug-likeness (QED) is 0.262. The van der Waals surface area contributed by atoms with Gasteiger partial charge in [0.2, 0.25) is 5.91 Å². The molecule has 3 rings (SSSR count). The Labute approximate surface area is 203 Å². The lowest BCUT2D eigenvalue weighted by Crippen LogP contribution is -2.15. The number of anilines is 1. The summed E-state index contributed by atoms with van der Waals surface area (Å²) in [5, 5.41) is 12.6. The van der Waals surface area contributed by atoms with Gasteiger partial charge in [-0.2, -0.15) is 0 Å². The fourth-order valence-electron chi connectivity index (χ4n) is 2.72. The predicted molar refractivity (Wildman–Crippen MR) is 126 cm³/mol. The third-order valence-corrected chi connectivity index (χ3v) is 6.16. The number of hydrogen-bond acceptors (Lipinski definition) is 5. The first-order chi connectivity index (χ1) is 15.3. The molecule has 0 aliphatic rings. The molecule has 0 spiro atoms. The van der Waals surface area contributed by atoms with Crippen LogP contribution < -0.4 is 10.1 Å². The zero-order chi connectivity index (χ0) is 23.3. The van der Waals surface area contributed by atoms with Crippen LogP contribution in [-0.2, 0) is 11.3 Å². The van der Waals surface area contributed by atoms with E-state index in [1.807, 2.05) is 0 Å². The number of hydrogen-bond donors (Lipinski definition) is 1. The number of aromatic nitrogens is 3. The number of nitrogens with one attached hydrogen (secondary N) is 1. The van der Waals surface area contributed by atoms with E-state index in [4.69, 9.17) is 39.5 Å². The molecule has 1 amide bonds. The van der Waals surface area contributed by atoms with Crippen LogP contribution in [0.3, 0.4) is 0 Å². The van der Waals surface area contributed by atoms with Crippen molar-refractivity contribution >= 4 is 58.2 Å². The van der Waals surface area contributed by atoms with Crippen molar-refractivity contribution in [2.75, 3.05) is 11.1 Å². The molecular formula is C21H18Cl3FN4O2S. The molecule has 168 valence electrons. The van der Waals surface area contributed by atoms with Crippen LogP contribution in [0.1, 0.15) is 18.9 Å². The number of amides is 1. The fourth-order valence-corrected chi connectivity index (χ4v) is 3.99. The lowest BCUT2D eigenvalue weighted by molar-refractivity contribution is -0.113. The third kappa shape index (κ3) is 6.16. The van der Waals surface area contributed by atoms with Gasteiger partial charge in [0.25, 0.3) is 0 Å². The van der Waals surface area contributed by atoms with Crippen LogP contribution in [0.25, 0.3) is 0 Å². The van der Waals surface area contributed by atoms with Gasteiger partial charge >= 0.3 is 0 Å². The maximum Gasteiger partial charge on any atom is 0.234 e. The molecule has 6 nitrogen and oxygen atoms in total. The molecule has 1 aromatic heterocycles. The van der Waals surface area contributed by atoms with Crippen LogP contribution in [0.2, 0.25) is 15.1 Å². The molecule has 0 radical (unpaired) electrons. The summed E-state index contributed by atoms with van der Waals surface area (Å²) in [5.41, 5.74) is 0.538. The summed E-state index contributed by atoms with van der Waals surface area (Å²) in [6, 6.07) is 8.72. The molecule has 0 aliphatic heterocycles. The molecule has 0 bridgehead atoms. The van der Waals surface area contributed by atoms with E-state index in [1.165, 1.54) is 30.0 Å². The molecule has 0 aliphatic carbocycles. The molecule has 32 heavy (non-hydrogen) atoms. The molecule has 11 heteroatoms. The van der Waals surface area contributed by atoms with Crippen LogP contribution in [0.4, 0.5) is 10.1 Å². The summed E-state index contributed by atoms with van der Waals surface area (Å²) in [5.74, 6) is 0.226. The highest BCUT2D eigenvalue weighted by Gasteiger charge is 2.20. The van der Waals surface area contributed by atoms with E-state index in [0.29, 0.717) is 39.0 Å². The molecule has 1 N–H and O–H groups in total. The SMILES string of the molecule is C=CCn1c(SCC(=O)Nc2ccc(Cl)c(Cl)c2)nnc1C(C)Oc1ccc(F)cc1Cl. The number of carbonyl (C=O) groups is 1. The minimum absolute atomic E-state index is 0.0918. The minimum Gasteiger partial charge on any atom is -0.481 e. The number of halogens is 4.